The Hall–Kier alpha value is 0.270. The fraction of sp³-hybridized carbons (Fsp3) is 1.00. The standard InChI is InChI=1S/C9H17NOS.C2H6/c11-8-9(1-2-9)7-10-3-5-12-6-4-10;1-2/h11H,1-8H2;1-2H3. The van der Waals surface area contributed by atoms with Crippen LogP contribution in [-0.2, 0) is 0 Å². The van der Waals surface area contributed by atoms with E-state index in [1.54, 1.807) is 0 Å². The number of hydrogen-bond acceptors (Lipinski definition) is 3. The summed E-state index contributed by atoms with van der Waals surface area (Å²) in [4.78, 5) is 2.51. The number of thioether (sulfide) groups is 1. The van der Waals surface area contributed by atoms with Crippen LogP contribution in [0.4, 0.5) is 0 Å². The average molecular weight is 217 g/mol. The summed E-state index contributed by atoms with van der Waals surface area (Å²) < 4.78 is 0. The maximum atomic E-state index is 9.16. The Balaban J connectivity index is 0.000000461. The van der Waals surface area contributed by atoms with Crippen molar-refractivity contribution in [1.82, 2.24) is 4.90 Å². The van der Waals surface area contributed by atoms with Crippen molar-refractivity contribution >= 4 is 11.8 Å². The van der Waals surface area contributed by atoms with E-state index < -0.39 is 0 Å². The molecule has 0 amide bonds. The first-order valence-corrected chi connectivity index (χ1v) is 6.91. The third-order valence-corrected chi connectivity index (χ3v) is 3.90. The van der Waals surface area contributed by atoms with Crippen molar-refractivity contribution in [2.24, 2.45) is 5.41 Å². The lowest BCUT2D eigenvalue weighted by atomic mass is 10.1. The third kappa shape index (κ3) is 3.44. The second-order valence-corrected chi connectivity index (χ2v) is 5.27. The van der Waals surface area contributed by atoms with Crippen LogP contribution in [0.1, 0.15) is 26.7 Å². The van der Waals surface area contributed by atoms with Crippen molar-refractivity contribution in [3.63, 3.8) is 0 Å². The first-order valence-electron chi connectivity index (χ1n) is 5.76. The summed E-state index contributed by atoms with van der Waals surface area (Å²) in [6.07, 6.45) is 2.49. The molecule has 1 saturated carbocycles. The van der Waals surface area contributed by atoms with Gasteiger partial charge < -0.3 is 10.0 Å². The van der Waals surface area contributed by atoms with Crippen LogP contribution in [-0.4, -0.2) is 47.8 Å². The van der Waals surface area contributed by atoms with Gasteiger partial charge in [0.2, 0.25) is 0 Å². The molecular weight excluding hydrogens is 194 g/mol. The first kappa shape index (κ1) is 12.3. The topological polar surface area (TPSA) is 23.5 Å². The maximum Gasteiger partial charge on any atom is 0.0499 e. The molecule has 84 valence electrons. The quantitative estimate of drug-likeness (QED) is 0.780. The molecule has 0 aromatic rings. The van der Waals surface area contributed by atoms with Gasteiger partial charge in [0, 0.05) is 43.2 Å². The van der Waals surface area contributed by atoms with Gasteiger partial charge in [0.25, 0.3) is 0 Å². The second kappa shape index (κ2) is 5.99. The van der Waals surface area contributed by atoms with Crippen LogP contribution in [0.25, 0.3) is 0 Å². The minimum absolute atomic E-state index is 0.321. The van der Waals surface area contributed by atoms with E-state index in [-0.39, 0.29) is 0 Å². The van der Waals surface area contributed by atoms with Gasteiger partial charge in [-0.1, -0.05) is 13.8 Å². The van der Waals surface area contributed by atoms with E-state index in [2.05, 4.69) is 4.90 Å². The monoisotopic (exact) mass is 217 g/mol. The van der Waals surface area contributed by atoms with E-state index in [1.807, 2.05) is 25.6 Å². The van der Waals surface area contributed by atoms with E-state index in [4.69, 9.17) is 5.11 Å². The summed E-state index contributed by atoms with van der Waals surface area (Å²) in [6.45, 7) is 8.00. The first-order chi connectivity index (χ1) is 6.85. The number of aliphatic hydroxyl groups excluding tert-OH is 1. The molecular formula is C11H23NOS. The third-order valence-electron chi connectivity index (χ3n) is 2.96. The zero-order valence-corrected chi connectivity index (χ0v) is 10.3. The van der Waals surface area contributed by atoms with Gasteiger partial charge in [0.15, 0.2) is 0 Å². The Morgan fingerprint density at radius 3 is 2.21 bits per heavy atom. The summed E-state index contributed by atoms with van der Waals surface area (Å²) in [7, 11) is 0. The van der Waals surface area contributed by atoms with Gasteiger partial charge in [0.05, 0.1) is 0 Å². The smallest absolute Gasteiger partial charge is 0.0499 e. The van der Waals surface area contributed by atoms with Gasteiger partial charge in [-0.3, -0.25) is 0 Å². The molecule has 2 fully saturated rings. The molecule has 0 aromatic carbocycles. The highest BCUT2D eigenvalue weighted by Crippen LogP contribution is 2.45. The average Bonchev–Trinajstić information content (AvgIpc) is 3.03. The molecule has 0 aromatic heterocycles. The van der Waals surface area contributed by atoms with Gasteiger partial charge >= 0.3 is 0 Å². The molecule has 3 heteroatoms. The highest BCUT2D eigenvalue weighted by atomic mass is 32.2. The molecule has 2 nitrogen and oxygen atoms in total. The summed E-state index contributed by atoms with van der Waals surface area (Å²) in [5, 5.41) is 9.16. The molecule has 0 unspecified atom stereocenters. The Morgan fingerprint density at radius 2 is 1.79 bits per heavy atom. The molecule has 1 aliphatic heterocycles. The van der Waals surface area contributed by atoms with Crippen molar-refractivity contribution in [3.8, 4) is 0 Å². The fourth-order valence-corrected chi connectivity index (χ4v) is 2.76. The van der Waals surface area contributed by atoms with Crippen LogP contribution >= 0.6 is 11.8 Å². The van der Waals surface area contributed by atoms with Crippen LogP contribution in [0.15, 0.2) is 0 Å². The van der Waals surface area contributed by atoms with Gasteiger partial charge in [-0.05, 0) is 12.8 Å². The van der Waals surface area contributed by atoms with Crippen molar-refractivity contribution in [2.45, 2.75) is 26.7 Å². The molecule has 2 aliphatic rings. The van der Waals surface area contributed by atoms with Crippen LogP contribution in [0.3, 0.4) is 0 Å². The molecule has 0 spiro atoms. The minimum atomic E-state index is 0.321. The largest absolute Gasteiger partial charge is 0.396 e. The molecule has 0 radical (unpaired) electrons. The molecule has 1 aliphatic carbocycles. The van der Waals surface area contributed by atoms with E-state index in [9.17, 15) is 0 Å². The Morgan fingerprint density at radius 1 is 1.21 bits per heavy atom. The van der Waals surface area contributed by atoms with Crippen LogP contribution in [0.2, 0.25) is 0 Å². The molecule has 14 heavy (non-hydrogen) atoms. The van der Waals surface area contributed by atoms with Gasteiger partial charge in [-0.2, -0.15) is 11.8 Å². The molecule has 1 heterocycles. The number of rotatable bonds is 3. The fourth-order valence-electron chi connectivity index (χ4n) is 1.78. The molecule has 1 saturated heterocycles. The van der Waals surface area contributed by atoms with Crippen molar-refractivity contribution in [3.05, 3.63) is 0 Å². The van der Waals surface area contributed by atoms with Gasteiger partial charge in [-0.25, -0.2) is 0 Å². The van der Waals surface area contributed by atoms with Crippen LogP contribution in [0, 0.1) is 5.41 Å². The number of hydrogen-bond donors (Lipinski definition) is 1. The normalized spacial score (nSPS) is 25.1. The van der Waals surface area contributed by atoms with Crippen molar-refractivity contribution < 1.29 is 5.11 Å². The number of aliphatic hydroxyl groups is 1. The highest BCUT2D eigenvalue weighted by molar-refractivity contribution is 7.99. The van der Waals surface area contributed by atoms with E-state index in [0.717, 1.165) is 6.54 Å². The number of nitrogens with zero attached hydrogens (tertiary/aromatic N) is 1. The predicted molar refractivity (Wildman–Crippen MR) is 63.9 cm³/mol. The SMILES string of the molecule is CC.OCC1(CN2CCSCC2)CC1. The summed E-state index contributed by atoms with van der Waals surface area (Å²) in [6, 6.07) is 0. The Bertz CT molecular complexity index is 153. The molecule has 0 bridgehead atoms. The van der Waals surface area contributed by atoms with E-state index >= 15 is 0 Å². The van der Waals surface area contributed by atoms with Gasteiger partial charge in [0.1, 0.15) is 0 Å². The predicted octanol–water partition coefficient (Wildman–Crippen LogP) is 1.83. The van der Waals surface area contributed by atoms with Crippen LogP contribution < -0.4 is 0 Å². The van der Waals surface area contributed by atoms with Crippen LogP contribution in [0.5, 0.6) is 0 Å². The highest BCUT2D eigenvalue weighted by Gasteiger charge is 2.43. The second-order valence-electron chi connectivity index (χ2n) is 4.05. The summed E-state index contributed by atoms with van der Waals surface area (Å²) >= 11 is 2.05. The lowest BCUT2D eigenvalue weighted by Gasteiger charge is -2.29. The zero-order chi connectivity index (χ0) is 10.4. The lowest BCUT2D eigenvalue weighted by Crippen LogP contribution is -2.38. The van der Waals surface area contributed by atoms with E-state index in [1.165, 1.54) is 37.4 Å². The lowest BCUT2D eigenvalue weighted by molar-refractivity contribution is 0.155. The van der Waals surface area contributed by atoms with Gasteiger partial charge in [-0.15, -0.1) is 0 Å². The minimum Gasteiger partial charge on any atom is -0.396 e. The summed E-state index contributed by atoms with van der Waals surface area (Å²) in [5.41, 5.74) is 0.321. The Kier molecular flexibility index (Phi) is 5.28. The molecule has 1 N–H and O–H groups in total. The Labute approximate surface area is 92.1 Å². The summed E-state index contributed by atoms with van der Waals surface area (Å²) in [5.74, 6) is 2.56. The van der Waals surface area contributed by atoms with Crippen molar-refractivity contribution in [1.29, 1.82) is 0 Å². The van der Waals surface area contributed by atoms with Crippen molar-refractivity contribution in [2.75, 3.05) is 37.7 Å². The molecule has 2 rings (SSSR count). The molecule has 0 atom stereocenters. The van der Waals surface area contributed by atoms with E-state index in [0.29, 0.717) is 12.0 Å². The zero-order valence-electron chi connectivity index (χ0n) is 9.46. The maximum absolute atomic E-state index is 9.16.